The van der Waals surface area contributed by atoms with E-state index in [0.717, 1.165) is 0 Å². The smallest absolute Gasteiger partial charge is 0.369 e. The topological polar surface area (TPSA) is 97.3 Å². The molecule has 0 fully saturated rings. The first-order valence-corrected chi connectivity index (χ1v) is 6.39. The third kappa shape index (κ3) is 3.51. The van der Waals surface area contributed by atoms with E-state index in [1.165, 1.54) is 20.3 Å². The Hall–Kier alpha value is -3.09. The monoisotopic (exact) mass is 302 g/mol. The molecule has 0 radical (unpaired) electrons. The van der Waals surface area contributed by atoms with Crippen LogP contribution in [-0.2, 0) is 4.84 Å². The number of hydrogen-bond donors (Lipinski definition) is 1. The number of nitrogens with zero attached hydrogens (tertiary/aromatic N) is 1. The van der Waals surface area contributed by atoms with Crippen LogP contribution in [0.5, 0.6) is 11.5 Å². The molecule has 0 aliphatic carbocycles. The number of aromatic nitrogens is 1. The van der Waals surface area contributed by atoms with Crippen LogP contribution >= 0.6 is 0 Å². The molecular formula is C15H16N3O4+. The van der Waals surface area contributed by atoms with Gasteiger partial charge in [-0.3, -0.25) is 0 Å². The molecule has 0 amide bonds. The van der Waals surface area contributed by atoms with Gasteiger partial charge in [0.2, 0.25) is 0 Å². The summed E-state index contributed by atoms with van der Waals surface area (Å²) in [5.41, 5.74) is 6.60. The van der Waals surface area contributed by atoms with Gasteiger partial charge in [-0.25, -0.2) is 9.78 Å². The van der Waals surface area contributed by atoms with Crippen molar-refractivity contribution in [2.45, 2.75) is 0 Å². The second-order valence-electron chi connectivity index (χ2n) is 4.21. The van der Waals surface area contributed by atoms with Crippen molar-refractivity contribution in [2.24, 2.45) is 10.9 Å². The molecule has 0 bridgehead atoms. The van der Waals surface area contributed by atoms with E-state index in [-0.39, 0.29) is 11.4 Å². The Morgan fingerprint density at radius 1 is 1.14 bits per heavy atom. The highest BCUT2D eigenvalue weighted by Gasteiger charge is 2.15. The van der Waals surface area contributed by atoms with Crippen LogP contribution in [0.15, 0.2) is 47.9 Å². The number of carbonyl (C=O) groups is 1. The minimum Gasteiger partial charge on any atom is -0.497 e. The van der Waals surface area contributed by atoms with Crippen molar-refractivity contribution in [1.82, 2.24) is 0 Å². The van der Waals surface area contributed by atoms with Crippen LogP contribution in [-0.4, -0.2) is 26.0 Å². The maximum atomic E-state index is 12.0. The molecule has 0 aliphatic heterocycles. The summed E-state index contributed by atoms with van der Waals surface area (Å²) in [7, 11) is 2.97. The maximum Gasteiger partial charge on any atom is 0.369 e. The lowest BCUT2D eigenvalue weighted by molar-refractivity contribution is -0.378. The van der Waals surface area contributed by atoms with Crippen molar-refractivity contribution >= 4 is 11.8 Å². The second kappa shape index (κ2) is 7.07. The van der Waals surface area contributed by atoms with Crippen molar-refractivity contribution in [2.75, 3.05) is 14.2 Å². The Morgan fingerprint density at radius 2 is 1.86 bits per heavy atom. The fourth-order valence-electron chi connectivity index (χ4n) is 1.72. The molecule has 3 N–H and O–H groups in total. The number of pyridine rings is 1. The van der Waals surface area contributed by atoms with Crippen molar-refractivity contribution in [3.63, 3.8) is 0 Å². The Kier molecular flexibility index (Phi) is 4.92. The molecule has 0 spiro atoms. The average molecular weight is 302 g/mol. The molecule has 22 heavy (non-hydrogen) atoms. The summed E-state index contributed by atoms with van der Waals surface area (Å²) in [5.74, 6) is 0.309. The number of carbonyl (C=O) groups excluding carboxylic acids is 1. The lowest BCUT2D eigenvalue weighted by Crippen LogP contribution is -2.16. The van der Waals surface area contributed by atoms with Gasteiger partial charge in [0.25, 0.3) is 0 Å². The number of hydrogen-bond acceptors (Lipinski definition) is 5. The van der Waals surface area contributed by atoms with Gasteiger partial charge >= 0.3 is 5.97 Å². The van der Waals surface area contributed by atoms with Crippen molar-refractivity contribution in [3.05, 3.63) is 53.9 Å². The van der Waals surface area contributed by atoms with E-state index in [2.05, 4.69) is 10.1 Å². The summed E-state index contributed by atoms with van der Waals surface area (Å²) in [6.07, 6.45) is 3.37. The number of ether oxygens (including phenoxy) is 2. The Labute approximate surface area is 127 Å². The summed E-state index contributed by atoms with van der Waals surface area (Å²) in [6, 6.07) is 8.15. The molecule has 0 atom stereocenters. The van der Waals surface area contributed by atoms with E-state index in [9.17, 15) is 4.79 Å². The van der Waals surface area contributed by atoms with Crippen LogP contribution in [0.4, 0.5) is 0 Å². The average Bonchev–Trinajstić information content (AvgIpc) is 2.59. The second-order valence-corrected chi connectivity index (χ2v) is 4.21. The molecule has 0 saturated carbocycles. The van der Waals surface area contributed by atoms with E-state index >= 15 is 0 Å². The Bertz CT molecular complexity index is 686. The molecule has 2 rings (SSSR count). The van der Waals surface area contributed by atoms with Crippen LogP contribution in [0, 0.1) is 0 Å². The van der Waals surface area contributed by atoms with Gasteiger partial charge in [-0.05, 0) is 12.1 Å². The summed E-state index contributed by atoms with van der Waals surface area (Å²) >= 11 is 0. The summed E-state index contributed by atoms with van der Waals surface area (Å²) in [6.45, 7) is 0. The number of rotatable bonds is 5. The van der Waals surface area contributed by atoms with Crippen molar-refractivity contribution in [1.29, 1.82) is 0 Å². The standard InChI is InChI=1S/C15H15N3O4/c1-20-11-3-4-12(13(9-11)21-2)15(19)22-18-14(16)10-5-7-17-8-6-10/h3-9H,1-2H3,(H2,16,18)/p+1. The fraction of sp³-hybridized carbons (Fsp3) is 0.133. The summed E-state index contributed by atoms with van der Waals surface area (Å²) in [4.78, 5) is 19.8. The molecule has 0 saturated heterocycles. The van der Waals surface area contributed by atoms with Gasteiger partial charge < -0.3 is 20.0 Å². The minimum absolute atomic E-state index is 0.0924. The fourth-order valence-corrected chi connectivity index (χ4v) is 1.72. The maximum absolute atomic E-state index is 12.0. The van der Waals surface area contributed by atoms with Crippen LogP contribution in [0.2, 0.25) is 0 Å². The lowest BCUT2D eigenvalue weighted by Gasteiger charge is -2.08. The number of benzene rings is 1. The first kappa shape index (κ1) is 15.3. The number of H-pyrrole nitrogens is 1. The molecule has 0 aliphatic rings. The number of methoxy groups -OCH3 is 2. The van der Waals surface area contributed by atoms with E-state index in [0.29, 0.717) is 17.1 Å². The van der Waals surface area contributed by atoms with Crippen molar-refractivity contribution < 1.29 is 24.1 Å². The highest BCUT2D eigenvalue weighted by molar-refractivity contribution is 5.98. The Morgan fingerprint density at radius 3 is 2.50 bits per heavy atom. The van der Waals surface area contributed by atoms with Crippen LogP contribution in [0.3, 0.4) is 0 Å². The highest BCUT2D eigenvalue weighted by atomic mass is 16.7. The van der Waals surface area contributed by atoms with E-state index < -0.39 is 5.97 Å². The third-order valence-corrected chi connectivity index (χ3v) is 2.87. The van der Waals surface area contributed by atoms with E-state index in [1.54, 1.807) is 36.7 Å². The SMILES string of the molecule is COc1ccc(C(=O)ON=C(N)c2cc[nH+]cc2)c(OC)c1. The first-order chi connectivity index (χ1) is 10.7. The van der Waals surface area contributed by atoms with Crippen LogP contribution in [0.25, 0.3) is 0 Å². The normalized spacial score (nSPS) is 10.9. The zero-order valence-corrected chi connectivity index (χ0v) is 12.2. The molecule has 0 unspecified atom stereocenters. The summed E-state index contributed by atoms with van der Waals surface area (Å²) < 4.78 is 10.2. The van der Waals surface area contributed by atoms with Crippen LogP contribution < -0.4 is 20.2 Å². The van der Waals surface area contributed by atoms with Crippen LogP contribution in [0.1, 0.15) is 15.9 Å². The van der Waals surface area contributed by atoms with E-state index in [1.807, 2.05) is 0 Å². The minimum atomic E-state index is -0.676. The molecule has 1 aromatic heterocycles. The van der Waals surface area contributed by atoms with Crippen molar-refractivity contribution in [3.8, 4) is 11.5 Å². The molecule has 2 aromatic rings. The van der Waals surface area contributed by atoms with Gasteiger partial charge in [0.1, 0.15) is 17.1 Å². The predicted molar refractivity (Wildman–Crippen MR) is 78.7 cm³/mol. The molecule has 7 heteroatoms. The van der Waals surface area contributed by atoms with E-state index in [4.69, 9.17) is 20.0 Å². The molecular weight excluding hydrogens is 286 g/mol. The number of nitrogens with two attached hydrogens (primary N) is 1. The van der Waals surface area contributed by atoms with Gasteiger partial charge in [-0.2, -0.15) is 0 Å². The molecule has 114 valence electrons. The number of amidine groups is 1. The lowest BCUT2D eigenvalue weighted by atomic mass is 10.2. The van der Waals surface area contributed by atoms with Gasteiger partial charge in [0, 0.05) is 23.8 Å². The van der Waals surface area contributed by atoms with Gasteiger partial charge in [-0.1, -0.05) is 5.16 Å². The quantitative estimate of drug-likeness (QED) is 0.384. The summed E-state index contributed by atoms with van der Waals surface area (Å²) in [5, 5.41) is 3.63. The molecule has 1 aromatic carbocycles. The number of aromatic amines is 1. The Balaban J connectivity index is 2.16. The number of nitrogens with one attached hydrogen (secondary N) is 1. The zero-order chi connectivity index (χ0) is 15.9. The first-order valence-electron chi connectivity index (χ1n) is 6.39. The number of oxime groups is 1. The highest BCUT2D eigenvalue weighted by Crippen LogP contribution is 2.25. The van der Waals surface area contributed by atoms with Gasteiger partial charge in [0.05, 0.1) is 14.2 Å². The largest absolute Gasteiger partial charge is 0.497 e. The molecule has 1 heterocycles. The molecule has 7 nitrogen and oxygen atoms in total. The predicted octanol–water partition coefficient (Wildman–Crippen LogP) is 0.995. The zero-order valence-electron chi connectivity index (χ0n) is 12.2. The van der Waals surface area contributed by atoms with Gasteiger partial charge in [0.15, 0.2) is 18.2 Å². The third-order valence-electron chi connectivity index (χ3n) is 2.87. The van der Waals surface area contributed by atoms with Gasteiger partial charge in [-0.15, -0.1) is 0 Å².